The Bertz CT molecular complexity index is 530. The molecule has 0 aliphatic carbocycles. The third-order valence-corrected chi connectivity index (χ3v) is 10.4. The summed E-state index contributed by atoms with van der Waals surface area (Å²) in [6.07, 6.45) is 3.90. The number of benzene rings is 1. The fourth-order valence-electron chi connectivity index (χ4n) is 3.49. The quantitative estimate of drug-likeness (QED) is 0.472. The molecule has 2 nitrogen and oxygen atoms in total. The zero-order valence-corrected chi connectivity index (χ0v) is 14.4. The lowest BCUT2D eigenvalue weighted by molar-refractivity contribution is -0.137. The smallest absolute Gasteiger partial charge is 0.330 e. The van der Waals surface area contributed by atoms with Gasteiger partial charge in [0, 0.05) is 6.08 Å². The molecule has 1 heterocycles. The van der Waals surface area contributed by atoms with Crippen molar-refractivity contribution in [2.45, 2.75) is 51.7 Å². The van der Waals surface area contributed by atoms with Crippen LogP contribution in [0, 0.1) is 0 Å². The van der Waals surface area contributed by atoms with Crippen molar-refractivity contribution < 1.29 is 9.53 Å². The molecule has 21 heavy (non-hydrogen) atoms. The van der Waals surface area contributed by atoms with E-state index in [9.17, 15) is 4.79 Å². The van der Waals surface area contributed by atoms with E-state index in [1.807, 2.05) is 13.0 Å². The standard InChI is InChI=1S/C18H26O2Si/c1-4-20-18(19)13-17-12-11-15-9-7-8-10-16(15)14-21(17,5-2)6-3/h7-10,13H,4-6,11-12,14H2,1-3H3/b17-13-. The highest BCUT2D eigenvalue weighted by Gasteiger charge is 2.36. The van der Waals surface area contributed by atoms with E-state index in [2.05, 4.69) is 38.1 Å². The Hall–Kier alpha value is -1.35. The molecule has 0 amide bonds. The average Bonchev–Trinajstić information content (AvgIpc) is 2.65. The molecule has 0 aromatic heterocycles. The molecule has 0 saturated heterocycles. The van der Waals surface area contributed by atoms with Crippen LogP contribution in [0.25, 0.3) is 0 Å². The molecule has 1 aromatic rings. The number of hydrogen-bond acceptors (Lipinski definition) is 2. The molecule has 1 aliphatic rings. The number of ether oxygens (including phenoxy) is 1. The first-order valence-corrected chi connectivity index (χ1v) is 10.7. The summed E-state index contributed by atoms with van der Waals surface area (Å²) < 4.78 is 5.15. The predicted octanol–water partition coefficient (Wildman–Crippen LogP) is 4.23. The summed E-state index contributed by atoms with van der Waals surface area (Å²) in [6, 6.07) is 12.3. The maximum atomic E-state index is 11.9. The maximum Gasteiger partial charge on any atom is 0.330 e. The summed E-state index contributed by atoms with van der Waals surface area (Å²) in [7, 11) is -1.59. The Kier molecular flexibility index (Phi) is 5.40. The van der Waals surface area contributed by atoms with Gasteiger partial charge in [0.05, 0.1) is 14.7 Å². The first-order chi connectivity index (χ1) is 10.1. The van der Waals surface area contributed by atoms with Crippen molar-refractivity contribution in [2.24, 2.45) is 0 Å². The van der Waals surface area contributed by atoms with E-state index in [-0.39, 0.29) is 5.97 Å². The molecule has 0 unspecified atom stereocenters. The van der Waals surface area contributed by atoms with E-state index in [4.69, 9.17) is 4.74 Å². The van der Waals surface area contributed by atoms with E-state index in [0.29, 0.717) is 6.61 Å². The Balaban J connectivity index is 2.39. The first-order valence-electron chi connectivity index (χ1n) is 8.09. The summed E-state index contributed by atoms with van der Waals surface area (Å²) in [6.45, 7) is 6.91. The molecule has 114 valence electrons. The lowest BCUT2D eigenvalue weighted by Gasteiger charge is -2.31. The van der Waals surface area contributed by atoms with Crippen LogP contribution in [0.15, 0.2) is 35.5 Å². The summed E-state index contributed by atoms with van der Waals surface area (Å²) >= 11 is 0. The molecule has 0 bridgehead atoms. The highest BCUT2D eigenvalue weighted by atomic mass is 28.3. The van der Waals surface area contributed by atoms with Crippen molar-refractivity contribution in [3.63, 3.8) is 0 Å². The minimum absolute atomic E-state index is 0.155. The predicted molar refractivity (Wildman–Crippen MR) is 89.9 cm³/mol. The summed E-state index contributed by atoms with van der Waals surface area (Å²) in [5.41, 5.74) is 2.96. The van der Waals surface area contributed by atoms with Gasteiger partial charge in [-0.05, 0) is 36.9 Å². The molecule has 0 radical (unpaired) electrons. The van der Waals surface area contributed by atoms with Crippen LogP contribution in [-0.2, 0) is 22.0 Å². The second-order valence-corrected chi connectivity index (χ2v) is 10.8. The zero-order valence-electron chi connectivity index (χ0n) is 13.4. The summed E-state index contributed by atoms with van der Waals surface area (Å²) in [5, 5.41) is 1.40. The van der Waals surface area contributed by atoms with Crippen molar-refractivity contribution >= 4 is 14.0 Å². The number of allylic oxidation sites excluding steroid dienone is 1. The van der Waals surface area contributed by atoms with Crippen LogP contribution >= 0.6 is 0 Å². The third kappa shape index (κ3) is 3.46. The van der Waals surface area contributed by atoms with Gasteiger partial charge in [0.1, 0.15) is 0 Å². The molecule has 1 aliphatic heterocycles. The van der Waals surface area contributed by atoms with Gasteiger partial charge in [-0.25, -0.2) is 4.79 Å². The molecular weight excluding hydrogens is 276 g/mol. The highest BCUT2D eigenvalue weighted by Crippen LogP contribution is 2.35. The van der Waals surface area contributed by atoms with Crippen LogP contribution in [0.2, 0.25) is 12.1 Å². The van der Waals surface area contributed by atoms with E-state index in [0.717, 1.165) is 12.8 Å². The van der Waals surface area contributed by atoms with Crippen molar-refractivity contribution in [3.8, 4) is 0 Å². The monoisotopic (exact) mass is 302 g/mol. The lowest BCUT2D eigenvalue weighted by atomic mass is 10.0. The fraction of sp³-hybridized carbons (Fsp3) is 0.500. The minimum Gasteiger partial charge on any atom is -0.463 e. The number of carbonyl (C=O) groups is 1. The molecule has 0 atom stereocenters. The van der Waals surface area contributed by atoms with Gasteiger partial charge >= 0.3 is 5.97 Å². The number of rotatable bonds is 4. The Labute approximate surface area is 129 Å². The molecule has 2 rings (SSSR count). The first kappa shape index (κ1) is 16.0. The van der Waals surface area contributed by atoms with Gasteiger partial charge in [-0.1, -0.05) is 55.4 Å². The van der Waals surface area contributed by atoms with Crippen molar-refractivity contribution in [1.29, 1.82) is 0 Å². The lowest BCUT2D eigenvalue weighted by Crippen LogP contribution is -2.38. The van der Waals surface area contributed by atoms with Crippen LogP contribution in [0.5, 0.6) is 0 Å². The van der Waals surface area contributed by atoms with Gasteiger partial charge in [0.15, 0.2) is 0 Å². The Morgan fingerprint density at radius 1 is 1.14 bits per heavy atom. The van der Waals surface area contributed by atoms with Gasteiger partial charge in [-0.2, -0.15) is 0 Å². The Morgan fingerprint density at radius 2 is 1.81 bits per heavy atom. The topological polar surface area (TPSA) is 26.3 Å². The normalized spacial score (nSPS) is 18.9. The molecule has 1 aromatic carbocycles. The second-order valence-electron chi connectivity index (χ2n) is 5.85. The maximum absolute atomic E-state index is 11.9. The fourth-order valence-corrected chi connectivity index (χ4v) is 7.78. The van der Waals surface area contributed by atoms with Crippen molar-refractivity contribution in [3.05, 3.63) is 46.7 Å². The van der Waals surface area contributed by atoms with E-state index in [1.54, 1.807) is 0 Å². The van der Waals surface area contributed by atoms with Crippen LogP contribution < -0.4 is 0 Å². The van der Waals surface area contributed by atoms with Gasteiger partial charge < -0.3 is 4.74 Å². The number of aryl methyl sites for hydroxylation is 1. The van der Waals surface area contributed by atoms with Crippen molar-refractivity contribution in [2.75, 3.05) is 6.61 Å². The van der Waals surface area contributed by atoms with E-state index in [1.165, 1.54) is 34.5 Å². The highest BCUT2D eigenvalue weighted by molar-refractivity contribution is 6.86. The molecular formula is C18H26O2Si. The number of fused-ring (bicyclic) bond motifs is 1. The third-order valence-electron chi connectivity index (χ3n) is 4.92. The average molecular weight is 302 g/mol. The zero-order chi connectivity index (χ0) is 15.3. The summed E-state index contributed by atoms with van der Waals surface area (Å²) in [4.78, 5) is 11.9. The second kappa shape index (κ2) is 7.08. The van der Waals surface area contributed by atoms with Gasteiger partial charge in [0.2, 0.25) is 0 Å². The molecule has 0 N–H and O–H groups in total. The number of hydrogen-bond donors (Lipinski definition) is 0. The van der Waals surface area contributed by atoms with Gasteiger partial charge in [-0.3, -0.25) is 0 Å². The van der Waals surface area contributed by atoms with Crippen LogP contribution in [0.4, 0.5) is 0 Å². The largest absolute Gasteiger partial charge is 0.463 e. The van der Waals surface area contributed by atoms with Gasteiger partial charge in [0.25, 0.3) is 0 Å². The SMILES string of the molecule is CCOC(=O)/C=C1/CCc2ccccc2C[Si]1(CC)CC. The van der Waals surface area contributed by atoms with Crippen LogP contribution in [0.3, 0.4) is 0 Å². The molecule has 0 spiro atoms. The number of carbonyl (C=O) groups excluding carboxylic acids is 1. The number of esters is 1. The molecule has 0 saturated carbocycles. The van der Waals surface area contributed by atoms with Gasteiger partial charge in [-0.15, -0.1) is 0 Å². The van der Waals surface area contributed by atoms with Crippen LogP contribution in [-0.4, -0.2) is 20.7 Å². The van der Waals surface area contributed by atoms with E-state index >= 15 is 0 Å². The summed E-state index contributed by atoms with van der Waals surface area (Å²) in [5.74, 6) is -0.155. The van der Waals surface area contributed by atoms with E-state index < -0.39 is 8.07 Å². The van der Waals surface area contributed by atoms with Crippen molar-refractivity contribution in [1.82, 2.24) is 0 Å². The molecule has 3 heteroatoms. The van der Waals surface area contributed by atoms with Crippen LogP contribution in [0.1, 0.15) is 38.3 Å². The Morgan fingerprint density at radius 3 is 2.43 bits per heavy atom. The molecule has 0 fully saturated rings. The minimum atomic E-state index is -1.59.